The van der Waals surface area contributed by atoms with Gasteiger partial charge in [-0.2, -0.15) is 5.10 Å². The van der Waals surface area contributed by atoms with Gasteiger partial charge in [-0.25, -0.2) is 0 Å². The molecule has 0 aromatic carbocycles. The van der Waals surface area contributed by atoms with Gasteiger partial charge in [0.05, 0.1) is 28.9 Å². The average molecular weight is 289 g/mol. The lowest BCUT2D eigenvalue weighted by Crippen LogP contribution is -2.09. The van der Waals surface area contributed by atoms with Crippen molar-refractivity contribution in [3.63, 3.8) is 0 Å². The third-order valence-electron chi connectivity index (χ3n) is 3.59. The van der Waals surface area contributed by atoms with Crippen molar-refractivity contribution >= 4 is 5.69 Å². The van der Waals surface area contributed by atoms with E-state index >= 15 is 0 Å². The van der Waals surface area contributed by atoms with E-state index < -0.39 is 0 Å². The Balaban J connectivity index is 2.30. The molecule has 0 aliphatic heterocycles. The monoisotopic (exact) mass is 289 g/mol. The van der Waals surface area contributed by atoms with Crippen molar-refractivity contribution in [1.29, 1.82) is 0 Å². The second-order valence-electron chi connectivity index (χ2n) is 5.10. The number of rotatable bonds is 5. The Morgan fingerprint density at radius 3 is 2.76 bits per heavy atom. The summed E-state index contributed by atoms with van der Waals surface area (Å²) in [5, 5.41) is 15.4. The summed E-state index contributed by atoms with van der Waals surface area (Å²) in [6, 6.07) is -0.0415. The molecule has 0 saturated carbocycles. The zero-order valence-electron chi connectivity index (χ0n) is 12.4. The highest BCUT2D eigenvalue weighted by Gasteiger charge is 2.19. The van der Waals surface area contributed by atoms with E-state index in [-0.39, 0.29) is 16.7 Å². The van der Waals surface area contributed by atoms with Gasteiger partial charge in [-0.15, -0.1) is 0 Å². The number of nitrogens with two attached hydrogens (primary N) is 1. The lowest BCUT2D eigenvalue weighted by atomic mass is 10.1. The standard InChI is InChI=1S/C14H19N5O2/c1-4-12(15)11-6-17-18(7-11)8-13-10(3)14(19(20)21)9(2)5-16-13/h5-7,12H,4,8,15H2,1-3H3. The number of aromatic nitrogens is 3. The summed E-state index contributed by atoms with van der Waals surface area (Å²) in [5.41, 5.74) is 8.83. The number of hydrogen-bond acceptors (Lipinski definition) is 5. The molecule has 21 heavy (non-hydrogen) atoms. The number of aryl methyl sites for hydroxylation is 1. The van der Waals surface area contributed by atoms with Crippen molar-refractivity contribution in [2.45, 2.75) is 39.8 Å². The molecule has 1 unspecified atom stereocenters. The lowest BCUT2D eigenvalue weighted by molar-refractivity contribution is -0.386. The molecule has 0 aliphatic carbocycles. The fourth-order valence-corrected chi connectivity index (χ4v) is 2.25. The smallest absolute Gasteiger partial charge is 0.278 e. The van der Waals surface area contributed by atoms with Crippen LogP contribution in [0, 0.1) is 24.0 Å². The Hall–Kier alpha value is -2.28. The zero-order chi connectivity index (χ0) is 15.6. The molecule has 2 aromatic rings. The minimum Gasteiger partial charge on any atom is -0.324 e. The average Bonchev–Trinajstić information content (AvgIpc) is 2.89. The maximum Gasteiger partial charge on any atom is 0.278 e. The van der Waals surface area contributed by atoms with Crippen molar-refractivity contribution < 1.29 is 4.92 Å². The minimum atomic E-state index is -0.364. The maximum atomic E-state index is 11.1. The quantitative estimate of drug-likeness (QED) is 0.672. The number of nitro groups is 1. The first-order chi connectivity index (χ1) is 9.93. The molecule has 0 saturated heterocycles. The largest absolute Gasteiger partial charge is 0.324 e. The van der Waals surface area contributed by atoms with Crippen molar-refractivity contribution in [1.82, 2.24) is 14.8 Å². The molecule has 112 valence electrons. The summed E-state index contributed by atoms with van der Waals surface area (Å²) in [6.07, 6.45) is 5.95. The van der Waals surface area contributed by atoms with Crippen LogP contribution in [0.15, 0.2) is 18.6 Å². The Morgan fingerprint density at radius 1 is 1.43 bits per heavy atom. The molecule has 0 amide bonds. The van der Waals surface area contributed by atoms with Crippen LogP contribution in [0.4, 0.5) is 5.69 Å². The van der Waals surface area contributed by atoms with Gasteiger partial charge in [-0.3, -0.25) is 19.8 Å². The van der Waals surface area contributed by atoms with Crippen LogP contribution in [0.3, 0.4) is 0 Å². The Labute approximate surface area is 122 Å². The molecule has 7 nitrogen and oxygen atoms in total. The van der Waals surface area contributed by atoms with E-state index in [2.05, 4.69) is 10.1 Å². The van der Waals surface area contributed by atoms with E-state index in [9.17, 15) is 10.1 Å². The predicted molar refractivity (Wildman–Crippen MR) is 78.9 cm³/mol. The highest BCUT2D eigenvalue weighted by atomic mass is 16.6. The molecule has 2 rings (SSSR count). The van der Waals surface area contributed by atoms with Crippen LogP contribution >= 0.6 is 0 Å². The van der Waals surface area contributed by atoms with Crippen LogP contribution < -0.4 is 5.73 Å². The summed E-state index contributed by atoms with van der Waals surface area (Å²) in [4.78, 5) is 15.0. The molecule has 7 heteroatoms. The van der Waals surface area contributed by atoms with Crippen LogP contribution in [0.2, 0.25) is 0 Å². The maximum absolute atomic E-state index is 11.1. The molecular formula is C14H19N5O2. The second kappa shape index (κ2) is 6.01. The molecular weight excluding hydrogens is 270 g/mol. The predicted octanol–water partition coefficient (Wildman–Crippen LogP) is 2.26. The first-order valence-corrected chi connectivity index (χ1v) is 6.81. The fourth-order valence-electron chi connectivity index (χ4n) is 2.25. The van der Waals surface area contributed by atoms with E-state index in [4.69, 9.17) is 5.73 Å². The van der Waals surface area contributed by atoms with Crippen molar-refractivity contribution in [2.24, 2.45) is 5.73 Å². The van der Waals surface area contributed by atoms with Crippen LogP contribution in [-0.2, 0) is 6.54 Å². The van der Waals surface area contributed by atoms with Gasteiger partial charge in [0.25, 0.3) is 5.69 Å². The third-order valence-corrected chi connectivity index (χ3v) is 3.59. The van der Waals surface area contributed by atoms with E-state index in [0.717, 1.165) is 12.0 Å². The Morgan fingerprint density at radius 2 is 2.14 bits per heavy atom. The van der Waals surface area contributed by atoms with E-state index in [0.29, 0.717) is 23.4 Å². The third kappa shape index (κ3) is 3.08. The Kier molecular flexibility index (Phi) is 4.32. The van der Waals surface area contributed by atoms with Crippen LogP contribution in [0.5, 0.6) is 0 Å². The van der Waals surface area contributed by atoms with Gasteiger partial charge in [-0.1, -0.05) is 6.92 Å². The molecule has 0 fully saturated rings. The van der Waals surface area contributed by atoms with Gasteiger partial charge < -0.3 is 5.73 Å². The number of hydrogen-bond donors (Lipinski definition) is 1. The van der Waals surface area contributed by atoms with Crippen LogP contribution in [0.25, 0.3) is 0 Å². The summed E-state index contributed by atoms with van der Waals surface area (Å²) in [7, 11) is 0. The lowest BCUT2D eigenvalue weighted by Gasteiger charge is -2.08. The van der Waals surface area contributed by atoms with Crippen molar-refractivity contribution in [3.8, 4) is 0 Å². The summed E-state index contributed by atoms with van der Waals surface area (Å²) < 4.78 is 1.71. The van der Waals surface area contributed by atoms with E-state index in [1.807, 2.05) is 13.1 Å². The van der Waals surface area contributed by atoms with E-state index in [1.54, 1.807) is 24.7 Å². The molecule has 0 radical (unpaired) electrons. The van der Waals surface area contributed by atoms with Crippen molar-refractivity contribution in [2.75, 3.05) is 0 Å². The molecule has 1 atom stereocenters. The molecule has 0 spiro atoms. The normalized spacial score (nSPS) is 12.4. The van der Waals surface area contributed by atoms with Gasteiger partial charge in [0.1, 0.15) is 0 Å². The first kappa shape index (κ1) is 15.1. The van der Waals surface area contributed by atoms with E-state index in [1.165, 1.54) is 6.20 Å². The molecule has 0 aliphatic rings. The van der Waals surface area contributed by atoms with Gasteiger partial charge in [-0.05, 0) is 20.3 Å². The highest BCUT2D eigenvalue weighted by molar-refractivity contribution is 5.47. The second-order valence-corrected chi connectivity index (χ2v) is 5.10. The number of nitrogens with zero attached hydrogens (tertiary/aromatic N) is 4. The van der Waals surface area contributed by atoms with Crippen molar-refractivity contribution in [3.05, 3.63) is 51.1 Å². The highest BCUT2D eigenvalue weighted by Crippen LogP contribution is 2.24. The Bertz CT molecular complexity index is 665. The van der Waals surface area contributed by atoms with Crippen LogP contribution in [0.1, 0.15) is 41.8 Å². The molecule has 2 N–H and O–H groups in total. The van der Waals surface area contributed by atoms with Gasteiger partial charge in [0, 0.05) is 29.6 Å². The summed E-state index contributed by atoms with van der Waals surface area (Å²) in [6.45, 7) is 5.81. The van der Waals surface area contributed by atoms with Gasteiger partial charge >= 0.3 is 0 Å². The molecule has 2 aromatic heterocycles. The topological polar surface area (TPSA) is 99.9 Å². The summed E-state index contributed by atoms with van der Waals surface area (Å²) >= 11 is 0. The SMILES string of the molecule is CCC(N)c1cnn(Cc2ncc(C)c([N+](=O)[O-])c2C)c1. The minimum absolute atomic E-state index is 0.0415. The fraction of sp³-hybridized carbons (Fsp3) is 0.429. The number of pyridine rings is 1. The summed E-state index contributed by atoms with van der Waals surface area (Å²) in [5.74, 6) is 0. The van der Waals surface area contributed by atoms with Gasteiger partial charge in [0.15, 0.2) is 0 Å². The zero-order valence-corrected chi connectivity index (χ0v) is 12.4. The van der Waals surface area contributed by atoms with Gasteiger partial charge in [0.2, 0.25) is 0 Å². The first-order valence-electron chi connectivity index (χ1n) is 6.81. The molecule has 0 bridgehead atoms. The molecule has 2 heterocycles. The van der Waals surface area contributed by atoms with Crippen LogP contribution in [-0.4, -0.2) is 19.7 Å².